The summed E-state index contributed by atoms with van der Waals surface area (Å²) >= 11 is 1.55. The number of thiophene rings is 1. The first-order chi connectivity index (χ1) is 11.3. The van der Waals surface area contributed by atoms with Gasteiger partial charge in [0.25, 0.3) is 0 Å². The molecular weight excluding hydrogens is 314 g/mol. The fourth-order valence-corrected chi connectivity index (χ4v) is 2.78. The van der Waals surface area contributed by atoms with Crippen molar-refractivity contribution in [3.8, 4) is 17.1 Å². The molecule has 0 aliphatic rings. The van der Waals surface area contributed by atoms with Gasteiger partial charge in [0, 0.05) is 4.88 Å². The van der Waals surface area contributed by atoms with Crippen LogP contribution in [0.1, 0.15) is 10.8 Å². The van der Waals surface area contributed by atoms with Crippen LogP contribution < -0.4 is 10.1 Å². The predicted molar refractivity (Wildman–Crippen MR) is 86.2 cm³/mol. The van der Waals surface area contributed by atoms with E-state index in [2.05, 4.69) is 15.5 Å². The van der Waals surface area contributed by atoms with Crippen LogP contribution in [0.5, 0.6) is 5.75 Å². The molecule has 0 spiro atoms. The molecule has 3 rings (SSSR count). The van der Waals surface area contributed by atoms with Crippen molar-refractivity contribution in [2.24, 2.45) is 0 Å². The number of hydrogen-bond acceptors (Lipinski definition) is 6. The van der Waals surface area contributed by atoms with Crippen LogP contribution >= 0.6 is 11.3 Å². The van der Waals surface area contributed by atoms with Crippen molar-refractivity contribution in [2.45, 2.75) is 13.0 Å². The van der Waals surface area contributed by atoms with Crippen LogP contribution in [-0.4, -0.2) is 23.2 Å². The maximum atomic E-state index is 11.8. The highest BCUT2D eigenvalue weighted by molar-refractivity contribution is 7.10. The molecule has 0 aliphatic heterocycles. The second-order valence-electron chi connectivity index (χ2n) is 4.74. The van der Waals surface area contributed by atoms with Gasteiger partial charge in [0.1, 0.15) is 5.75 Å². The third-order valence-electron chi connectivity index (χ3n) is 3.17. The van der Waals surface area contributed by atoms with Gasteiger partial charge >= 0.3 is 0 Å². The van der Waals surface area contributed by atoms with Gasteiger partial charge in [-0.1, -0.05) is 23.4 Å². The lowest BCUT2D eigenvalue weighted by atomic mass is 10.2. The molecule has 2 aromatic heterocycles. The Morgan fingerprint density at radius 2 is 2.17 bits per heavy atom. The fourth-order valence-electron chi connectivity index (χ4n) is 2.07. The Bertz CT molecular complexity index is 783. The zero-order chi connectivity index (χ0) is 16.1. The number of para-hydroxylation sites is 1. The van der Waals surface area contributed by atoms with Gasteiger partial charge in [-0.2, -0.15) is 4.98 Å². The van der Waals surface area contributed by atoms with Crippen LogP contribution in [0.3, 0.4) is 0 Å². The molecule has 7 heteroatoms. The lowest BCUT2D eigenvalue weighted by Crippen LogP contribution is -2.24. The molecule has 0 aliphatic carbocycles. The molecule has 2 heterocycles. The van der Waals surface area contributed by atoms with Gasteiger partial charge in [-0.25, -0.2) is 0 Å². The number of nitrogens with zero attached hydrogens (tertiary/aromatic N) is 2. The van der Waals surface area contributed by atoms with Crippen LogP contribution in [0.4, 0.5) is 0 Å². The van der Waals surface area contributed by atoms with Crippen LogP contribution in [0.2, 0.25) is 0 Å². The molecule has 3 aromatic rings. The van der Waals surface area contributed by atoms with E-state index >= 15 is 0 Å². The smallest absolute Gasteiger partial charge is 0.246 e. The molecule has 1 aromatic carbocycles. The Labute approximate surface area is 137 Å². The summed E-state index contributed by atoms with van der Waals surface area (Å²) in [6.07, 6.45) is 0.352. The average molecular weight is 329 g/mol. The minimum absolute atomic E-state index is 0.0792. The van der Waals surface area contributed by atoms with E-state index in [4.69, 9.17) is 9.26 Å². The monoisotopic (exact) mass is 329 g/mol. The highest BCUT2D eigenvalue weighted by Gasteiger charge is 2.13. The largest absolute Gasteiger partial charge is 0.496 e. The van der Waals surface area contributed by atoms with E-state index in [1.54, 1.807) is 18.4 Å². The van der Waals surface area contributed by atoms with Crippen molar-refractivity contribution in [1.82, 2.24) is 15.5 Å². The molecule has 23 heavy (non-hydrogen) atoms. The van der Waals surface area contributed by atoms with E-state index in [1.807, 2.05) is 41.8 Å². The number of rotatable bonds is 6. The van der Waals surface area contributed by atoms with Crippen molar-refractivity contribution in [3.63, 3.8) is 0 Å². The van der Waals surface area contributed by atoms with E-state index in [1.165, 1.54) is 0 Å². The number of nitrogens with one attached hydrogen (secondary N) is 1. The summed E-state index contributed by atoms with van der Waals surface area (Å²) in [5, 5.41) is 8.65. The lowest BCUT2D eigenvalue weighted by molar-refractivity contribution is -0.120. The van der Waals surface area contributed by atoms with Gasteiger partial charge in [0.2, 0.25) is 17.6 Å². The molecule has 1 amide bonds. The van der Waals surface area contributed by atoms with Crippen LogP contribution in [0.25, 0.3) is 11.4 Å². The number of methoxy groups -OCH3 is 1. The molecule has 0 saturated carbocycles. The summed E-state index contributed by atoms with van der Waals surface area (Å²) in [4.78, 5) is 17.2. The van der Waals surface area contributed by atoms with E-state index in [0.717, 1.165) is 10.4 Å². The molecule has 118 valence electrons. The van der Waals surface area contributed by atoms with Crippen molar-refractivity contribution < 1.29 is 14.1 Å². The molecular formula is C16H15N3O3S. The van der Waals surface area contributed by atoms with E-state index in [9.17, 15) is 4.79 Å². The van der Waals surface area contributed by atoms with E-state index < -0.39 is 0 Å². The summed E-state index contributed by atoms with van der Waals surface area (Å²) < 4.78 is 10.5. The standard InChI is InChI=1S/C16H15N3O3S/c1-21-13-7-3-2-6-12(13)16-18-15(22-19-16)10-17-14(20)9-11-5-4-8-23-11/h2-8H,9-10H2,1H3,(H,17,20). The second-order valence-corrected chi connectivity index (χ2v) is 5.78. The first-order valence-corrected chi connectivity index (χ1v) is 7.89. The van der Waals surface area contributed by atoms with Crippen LogP contribution in [-0.2, 0) is 17.8 Å². The molecule has 0 atom stereocenters. The minimum Gasteiger partial charge on any atom is -0.496 e. The topological polar surface area (TPSA) is 77.3 Å². The minimum atomic E-state index is -0.0792. The SMILES string of the molecule is COc1ccccc1-c1noc(CNC(=O)Cc2cccs2)n1. The van der Waals surface area contributed by atoms with Gasteiger partial charge in [0.05, 0.1) is 25.6 Å². The molecule has 0 unspecified atom stereocenters. The van der Waals surface area contributed by atoms with Crippen molar-refractivity contribution in [3.05, 3.63) is 52.5 Å². The lowest BCUT2D eigenvalue weighted by Gasteiger charge is -2.03. The maximum Gasteiger partial charge on any atom is 0.246 e. The Kier molecular flexibility index (Phi) is 4.68. The highest BCUT2D eigenvalue weighted by Crippen LogP contribution is 2.26. The quantitative estimate of drug-likeness (QED) is 0.752. The summed E-state index contributed by atoms with van der Waals surface area (Å²) in [5.74, 6) is 1.38. The number of hydrogen-bond donors (Lipinski definition) is 1. The summed E-state index contributed by atoms with van der Waals surface area (Å²) in [6, 6.07) is 11.3. The first kappa shape index (κ1) is 15.2. The summed E-state index contributed by atoms with van der Waals surface area (Å²) in [5.41, 5.74) is 0.745. The number of amides is 1. The van der Waals surface area contributed by atoms with E-state index in [-0.39, 0.29) is 12.5 Å². The summed E-state index contributed by atoms with van der Waals surface area (Å²) in [6.45, 7) is 0.201. The zero-order valence-corrected chi connectivity index (χ0v) is 13.3. The number of aromatic nitrogens is 2. The molecule has 6 nitrogen and oxygen atoms in total. The third-order valence-corrected chi connectivity index (χ3v) is 4.04. The predicted octanol–water partition coefficient (Wildman–Crippen LogP) is 2.67. The molecule has 1 N–H and O–H groups in total. The fraction of sp³-hybridized carbons (Fsp3) is 0.188. The Hall–Kier alpha value is -2.67. The number of benzene rings is 1. The normalized spacial score (nSPS) is 10.5. The molecule has 0 saturated heterocycles. The van der Waals surface area contributed by atoms with Gasteiger partial charge in [0.15, 0.2) is 0 Å². The number of carbonyl (C=O) groups excluding carboxylic acids is 1. The zero-order valence-electron chi connectivity index (χ0n) is 12.5. The molecule has 0 radical (unpaired) electrons. The van der Waals surface area contributed by atoms with Crippen LogP contribution in [0, 0.1) is 0 Å². The average Bonchev–Trinajstić information content (AvgIpc) is 3.24. The number of ether oxygens (including phenoxy) is 1. The van der Waals surface area contributed by atoms with Gasteiger partial charge in [-0.05, 0) is 23.6 Å². The van der Waals surface area contributed by atoms with Crippen molar-refractivity contribution in [2.75, 3.05) is 7.11 Å². The van der Waals surface area contributed by atoms with Gasteiger partial charge < -0.3 is 14.6 Å². The van der Waals surface area contributed by atoms with Crippen LogP contribution in [0.15, 0.2) is 46.3 Å². The molecule has 0 fully saturated rings. The Morgan fingerprint density at radius 3 is 2.96 bits per heavy atom. The first-order valence-electron chi connectivity index (χ1n) is 7.01. The second kappa shape index (κ2) is 7.06. The van der Waals surface area contributed by atoms with Crippen molar-refractivity contribution in [1.29, 1.82) is 0 Å². The Morgan fingerprint density at radius 1 is 1.30 bits per heavy atom. The van der Waals surface area contributed by atoms with E-state index in [0.29, 0.717) is 23.9 Å². The summed E-state index contributed by atoms with van der Waals surface area (Å²) in [7, 11) is 1.59. The Balaban J connectivity index is 1.62. The maximum absolute atomic E-state index is 11.8. The highest BCUT2D eigenvalue weighted by atomic mass is 32.1. The third kappa shape index (κ3) is 3.75. The van der Waals surface area contributed by atoms with Gasteiger partial charge in [-0.3, -0.25) is 4.79 Å². The number of carbonyl (C=O) groups is 1. The molecule has 0 bridgehead atoms. The van der Waals surface area contributed by atoms with Crippen molar-refractivity contribution >= 4 is 17.2 Å². The van der Waals surface area contributed by atoms with Gasteiger partial charge in [-0.15, -0.1) is 11.3 Å².